The van der Waals surface area contributed by atoms with Crippen molar-refractivity contribution in [2.24, 2.45) is 0 Å². The zero-order valence-corrected chi connectivity index (χ0v) is 10.6. The van der Waals surface area contributed by atoms with Crippen LogP contribution in [0.4, 0.5) is 0 Å². The van der Waals surface area contributed by atoms with Gasteiger partial charge in [-0.05, 0) is 35.1 Å². The van der Waals surface area contributed by atoms with Crippen LogP contribution in [0.1, 0.15) is 19.1 Å². The molecule has 0 atom stereocenters. The Hall–Kier alpha value is -0.840. The van der Waals surface area contributed by atoms with Crippen molar-refractivity contribution in [3.8, 4) is 0 Å². The van der Waals surface area contributed by atoms with Crippen molar-refractivity contribution in [3.63, 3.8) is 0 Å². The van der Waals surface area contributed by atoms with Crippen molar-refractivity contribution in [1.82, 2.24) is 0 Å². The number of fused-ring (bicyclic) bond motifs is 1. The summed E-state index contributed by atoms with van der Waals surface area (Å²) in [4.78, 5) is 11.7. The number of aryl methyl sites for hydroxylation is 1. The first-order valence-corrected chi connectivity index (χ1v) is 6.02. The number of hydrogen-bond donors (Lipinski definition) is 0. The maximum atomic E-state index is 11.7. The Morgan fingerprint density at radius 3 is 2.60 bits per heavy atom. The molecule has 0 aliphatic carbocycles. The SMILES string of the molecule is CCCc1oc(=O)c2ccccc2c1I. The summed E-state index contributed by atoms with van der Waals surface area (Å²) in [5, 5.41) is 1.67. The number of benzene rings is 1. The van der Waals surface area contributed by atoms with E-state index in [1.807, 2.05) is 18.2 Å². The van der Waals surface area contributed by atoms with Crippen LogP contribution in [0.5, 0.6) is 0 Å². The van der Waals surface area contributed by atoms with E-state index in [9.17, 15) is 4.79 Å². The van der Waals surface area contributed by atoms with E-state index in [1.54, 1.807) is 6.07 Å². The second kappa shape index (κ2) is 4.35. The highest BCUT2D eigenvalue weighted by molar-refractivity contribution is 14.1. The van der Waals surface area contributed by atoms with E-state index >= 15 is 0 Å². The van der Waals surface area contributed by atoms with E-state index in [-0.39, 0.29) is 5.63 Å². The first-order chi connectivity index (χ1) is 7.24. The van der Waals surface area contributed by atoms with Crippen LogP contribution >= 0.6 is 22.6 Å². The molecule has 78 valence electrons. The van der Waals surface area contributed by atoms with Crippen LogP contribution in [0.2, 0.25) is 0 Å². The highest BCUT2D eigenvalue weighted by atomic mass is 127. The molecule has 1 aromatic carbocycles. The molecule has 0 N–H and O–H groups in total. The van der Waals surface area contributed by atoms with Crippen molar-refractivity contribution in [2.45, 2.75) is 19.8 Å². The number of rotatable bonds is 2. The molecular weight excluding hydrogens is 303 g/mol. The van der Waals surface area contributed by atoms with Gasteiger partial charge in [0.15, 0.2) is 0 Å². The van der Waals surface area contributed by atoms with Gasteiger partial charge in [-0.2, -0.15) is 0 Å². The summed E-state index contributed by atoms with van der Waals surface area (Å²) in [5.74, 6) is 0.807. The normalized spacial score (nSPS) is 10.8. The molecule has 0 radical (unpaired) electrons. The fourth-order valence-electron chi connectivity index (χ4n) is 1.60. The Labute approximate surface area is 101 Å². The molecule has 15 heavy (non-hydrogen) atoms. The average Bonchev–Trinajstić information content (AvgIpc) is 2.26. The Kier molecular flexibility index (Phi) is 3.09. The zero-order valence-electron chi connectivity index (χ0n) is 8.42. The molecule has 1 heterocycles. The molecule has 3 heteroatoms. The lowest BCUT2D eigenvalue weighted by Crippen LogP contribution is -2.04. The van der Waals surface area contributed by atoms with E-state index in [0.29, 0.717) is 5.39 Å². The molecule has 2 aromatic rings. The Bertz CT molecular complexity index is 543. The van der Waals surface area contributed by atoms with Gasteiger partial charge in [0.05, 0.1) is 8.96 Å². The third-order valence-electron chi connectivity index (χ3n) is 2.32. The second-order valence-electron chi connectivity index (χ2n) is 3.42. The van der Waals surface area contributed by atoms with Crippen LogP contribution in [0.25, 0.3) is 10.8 Å². The summed E-state index contributed by atoms with van der Waals surface area (Å²) < 4.78 is 6.36. The van der Waals surface area contributed by atoms with Gasteiger partial charge in [0.1, 0.15) is 5.76 Å². The highest BCUT2D eigenvalue weighted by Crippen LogP contribution is 2.22. The molecule has 0 fully saturated rings. The fourth-order valence-corrected chi connectivity index (χ4v) is 2.45. The molecule has 0 spiro atoms. The molecule has 0 bridgehead atoms. The predicted octanol–water partition coefficient (Wildman–Crippen LogP) is 3.35. The van der Waals surface area contributed by atoms with Crippen molar-refractivity contribution < 1.29 is 4.42 Å². The van der Waals surface area contributed by atoms with Crippen molar-refractivity contribution >= 4 is 33.4 Å². The van der Waals surface area contributed by atoms with Gasteiger partial charge < -0.3 is 4.42 Å². The van der Waals surface area contributed by atoms with Crippen LogP contribution in [-0.2, 0) is 6.42 Å². The van der Waals surface area contributed by atoms with Gasteiger partial charge in [-0.3, -0.25) is 0 Å². The Morgan fingerprint density at radius 1 is 1.27 bits per heavy atom. The maximum absolute atomic E-state index is 11.7. The minimum Gasteiger partial charge on any atom is -0.426 e. The second-order valence-corrected chi connectivity index (χ2v) is 4.50. The van der Waals surface area contributed by atoms with Crippen molar-refractivity contribution in [3.05, 3.63) is 44.0 Å². The first-order valence-electron chi connectivity index (χ1n) is 4.94. The molecule has 2 rings (SSSR count). The van der Waals surface area contributed by atoms with Gasteiger partial charge in [0.25, 0.3) is 0 Å². The van der Waals surface area contributed by atoms with E-state index in [0.717, 1.165) is 27.6 Å². The molecule has 0 amide bonds. The van der Waals surface area contributed by atoms with Gasteiger partial charge in [-0.1, -0.05) is 25.1 Å². The van der Waals surface area contributed by atoms with Crippen LogP contribution in [0.15, 0.2) is 33.5 Å². The molecule has 0 saturated heterocycles. The van der Waals surface area contributed by atoms with E-state index in [2.05, 4.69) is 29.5 Å². The van der Waals surface area contributed by atoms with Crippen LogP contribution < -0.4 is 5.63 Å². The number of halogens is 1. The van der Waals surface area contributed by atoms with Crippen LogP contribution in [-0.4, -0.2) is 0 Å². The molecular formula is C12H11IO2. The Morgan fingerprint density at radius 2 is 1.93 bits per heavy atom. The monoisotopic (exact) mass is 314 g/mol. The minimum absolute atomic E-state index is 0.227. The highest BCUT2D eigenvalue weighted by Gasteiger charge is 2.09. The summed E-state index contributed by atoms with van der Waals surface area (Å²) in [6.45, 7) is 2.07. The van der Waals surface area contributed by atoms with Gasteiger partial charge in [0.2, 0.25) is 0 Å². The summed E-state index contributed by atoms with van der Waals surface area (Å²) in [6, 6.07) is 7.57. The summed E-state index contributed by atoms with van der Waals surface area (Å²) in [5.41, 5.74) is -0.227. The topological polar surface area (TPSA) is 30.2 Å². The summed E-state index contributed by atoms with van der Waals surface area (Å²) >= 11 is 2.25. The molecule has 0 unspecified atom stereocenters. The maximum Gasteiger partial charge on any atom is 0.343 e. The minimum atomic E-state index is -0.227. The van der Waals surface area contributed by atoms with Crippen LogP contribution in [0, 0.1) is 3.57 Å². The van der Waals surface area contributed by atoms with Gasteiger partial charge in [0, 0.05) is 11.8 Å². The van der Waals surface area contributed by atoms with Crippen molar-refractivity contribution in [1.29, 1.82) is 0 Å². The lowest BCUT2D eigenvalue weighted by molar-refractivity contribution is 0.460. The van der Waals surface area contributed by atoms with E-state index < -0.39 is 0 Å². The van der Waals surface area contributed by atoms with E-state index in [1.165, 1.54) is 0 Å². The third-order valence-corrected chi connectivity index (χ3v) is 3.50. The summed E-state index contributed by atoms with van der Waals surface area (Å²) in [6.07, 6.45) is 1.80. The Balaban J connectivity index is 2.79. The summed E-state index contributed by atoms with van der Waals surface area (Å²) in [7, 11) is 0. The quantitative estimate of drug-likeness (QED) is 0.796. The molecule has 0 aliphatic rings. The van der Waals surface area contributed by atoms with Gasteiger partial charge in [-0.25, -0.2) is 4.79 Å². The molecule has 2 nitrogen and oxygen atoms in total. The predicted molar refractivity (Wildman–Crippen MR) is 69.2 cm³/mol. The number of hydrogen-bond acceptors (Lipinski definition) is 2. The lowest BCUT2D eigenvalue weighted by Gasteiger charge is -2.04. The molecule has 0 aliphatic heterocycles. The smallest absolute Gasteiger partial charge is 0.343 e. The zero-order chi connectivity index (χ0) is 10.8. The third kappa shape index (κ3) is 1.93. The lowest BCUT2D eigenvalue weighted by atomic mass is 10.1. The van der Waals surface area contributed by atoms with Gasteiger partial charge >= 0.3 is 5.63 Å². The average molecular weight is 314 g/mol. The van der Waals surface area contributed by atoms with Gasteiger partial charge in [-0.15, -0.1) is 0 Å². The molecule has 1 aromatic heterocycles. The van der Waals surface area contributed by atoms with Crippen LogP contribution in [0.3, 0.4) is 0 Å². The standard InChI is InChI=1S/C12H11IO2/c1-2-5-10-11(13)8-6-3-4-7-9(8)12(14)15-10/h3-4,6-7H,2,5H2,1H3. The molecule has 0 saturated carbocycles. The fraction of sp³-hybridized carbons (Fsp3) is 0.250. The largest absolute Gasteiger partial charge is 0.426 e. The first kappa shape index (κ1) is 10.7. The van der Waals surface area contributed by atoms with Crippen molar-refractivity contribution in [2.75, 3.05) is 0 Å². The van der Waals surface area contributed by atoms with E-state index in [4.69, 9.17) is 4.42 Å².